The number of carbonyl (C=O) groups is 3. The van der Waals surface area contributed by atoms with Gasteiger partial charge in [-0.05, 0) is 24.3 Å². The van der Waals surface area contributed by atoms with E-state index in [4.69, 9.17) is 10.2 Å². The molecule has 35 heavy (non-hydrogen) atoms. The molecule has 0 radical (unpaired) electrons. The first kappa shape index (κ1) is 24.3. The summed E-state index contributed by atoms with van der Waals surface area (Å²) >= 11 is 0. The molecule has 3 N–H and O–H groups in total. The first-order valence-electron chi connectivity index (χ1n) is 10.9. The van der Waals surface area contributed by atoms with Crippen LogP contribution in [0.4, 0.5) is 5.69 Å². The van der Waals surface area contributed by atoms with Gasteiger partial charge in [0.05, 0.1) is 12.2 Å². The van der Waals surface area contributed by atoms with Crippen LogP contribution in [0.3, 0.4) is 0 Å². The Balaban J connectivity index is 1.35. The number of furan rings is 1. The van der Waals surface area contributed by atoms with Crippen molar-refractivity contribution in [1.82, 2.24) is 9.21 Å². The second-order valence-corrected chi connectivity index (χ2v) is 9.82. The van der Waals surface area contributed by atoms with Crippen LogP contribution in [0.15, 0.2) is 76.2 Å². The molecular weight excluding hydrogens is 472 g/mol. The van der Waals surface area contributed by atoms with E-state index in [-0.39, 0.29) is 42.2 Å². The Morgan fingerprint density at radius 3 is 2.20 bits per heavy atom. The molecule has 1 aromatic heterocycles. The van der Waals surface area contributed by atoms with Crippen LogP contribution < -0.4 is 11.1 Å². The number of carbonyl (C=O) groups excluding carboxylic acids is 3. The predicted octanol–water partition coefficient (Wildman–Crippen LogP) is 1.55. The van der Waals surface area contributed by atoms with Crippen molar-refractivity contribution in [3.8, 4) is 0 Å². The highest BCUT2D eigenvalue weighted by molar-refractivity contribution is 7.89. The molecule has 4 rings (SSSR count). The van der Waals surface area contributed by atoms with Gasteiger partial charge >= 0.3 is 0 Å². The monoisotopic (exact) mass is 496 g/mol. The maximum absolute atomic E-state index is 12.9. The summed E-state index contributed by atoms with van der Waals surface area (Å²) in [6.07, 6.45) is 0. The van der Waals surface area contributed by atoms with E-state index >= 15 is 0 Å². The molecule has 2 aromatic carbocycles. The molecule has 1 fully saturated rings. The predicted molar refractivity (Wildman–Crippen MR) is 127 cm³/mol. The highest BCUT2D eigenvalue weighted by Crippen LogP contribution is 2.21. The lowest BCUT2D eigenvalue weighted by Gasteiger charge is -2.32. The maximum atomic E-state index is 12.9. The Kier molecular flexibility index (Phi) is 7.10. The van der Waals surface area contributed by atoms with Crippen molar-refractivity contribution in [3.63, 3.8) is 0 Å². The van der Waals surface area contributed by atoms with E-state index in [2.05, 4.69) is 5.32 Å². The maximum Gasteiger partial charge on any atom is 0.284 e. The number of rotatable bonds is 8. The van der Waals surface area contributed by atoms with Gasteiger partial charge in [0.2, 0.25) is 11.0 Å². The van der Waals surface area contributed by atoms with Gasteiger partial charge in [-0.2, -0.15) is 4.31 Å². The molecule has 182 valence electrons. The number of amides is 2. The third-order valence-corrected chi connectivity index (χ3v) is 7.37. The molecule has 0 unspecified atom stereocenters. The number of piperazine rings is 1. The topological polar surface area (TPSA) is 143 Å². The second-order valence-electron chi connectivity index (χ2n) is 7.95. The molecule has 2 heterocycles. The quantitative estimate of drug-likeness (QED) is 0.451. The van der Waals surface area contributed by atoms with Gasteiger partial charge in [-0.15, -0.1) is 0 Å². The lowest BCUT2D eigenvalue weighted by Crippen LogP contribution is -2.50. The summed E-state index contributed by atoms with van der Waals surface area (Å²) in [6.45, 7) is 0.964. The van der Waals surface area contributed by atoms with Gasteiger partial charge in [0, 0.05) is 37.3 Å². The van der Waals surface area contributed by atoms with Crippen LogP contribution in [0.2, 0.25) is 0 Å². The molecule has 2 amide bonds. The lowest BCUT2D eigenvalue weighted by atomic mass is 10.0. The Hall–Kier alpha value is -3.80. The summed E-state index contributed by atoms with van der Waals surface area (Å²) in [5, 5.41) is 2.45. The number of nitrogens with two attached hydrogens (primary N) is 1. The Morgan fingerprint density at radius 2 is 1.54 bits per heavy atom. The minimum absolute atomic E-state index is 0.0360. The van der Waals surface area contributed by atoms with E-state index in [1.54, 1.807) is 48.5 Å². The van der Waals surface area contributed by atoms with Gasteiger partial charge in [0.25, 0.3) is 15.9 Å². The summed E-state index contributed by atoms with van der Waals surface area (Å²) in [5.74, 6) is -1.59. The van der Waals surface area contributed by atoms with E-state index in [0.29, 0.717) is 29.9 Å². The zero-order valence-electron chi connectivity index (χ0n) is 18.7. The van der Waals surface area contributed by atoms with E-state index in [0.717, 1.165) is 0 Å². The van der Waals surface area contributed by atoms with Crippen LogP contribution in [0, 0.1) is 0 Å². The van der Waals surface area contributed by atoms with Gasteiger partial charge in [0.15, 0.2) is 11.5 Å². The van der Waals surface area contributed by atoms with Crippen LogP contribution in [0.5, 0.6) is 0 Å². The average Bonchev–Trinajstić information content (AvgIpc) is 3.37. The van der Waals surface area contributed by atoms with E-state index in [1.807, 2.05) is 11.0 Å². The fraction of sp³-hybridized carbons (Fsp3) is 0.208. The van der Waals surface area contributed by atoms with Crippen molar-refractivity contribution in [2.75, 3.05) is 38.0 Å². The Morgan fingerprint density at radius 1 is 0.886 bits per heavy atom. The number of anilines is 1. The summed E-state index contributed by atoms with van der Waals surface area (Å²) in [7, 11) is -3.92. The molecule has 0 aliphatic carbocycles. The third-order valence-electron chi connectivity index (χ3n) is 5.60. The van der Waals surface area contributed by atoms with Gasteiger partial charge in [-0.1, -0.05) is 42.5 Å². The number of sulfonamides is 1. The van der Waals surface area contributed by atoms with Crippen molar-refractivity contribution >= 4 is 33.3 Å². The van der Waals surface area contributed by atoms with Gasteiger partial charge < -0.3 is 15.5 Å². The summed E-state index contributed by atoms with van der Waals surface area (Å²) in [5.41, 5.74) is 6.44. The number of ketones is 1. The minimum Gasteiger partial charge on any atom is -0.438 e. The number of nitrogens with zero attached hydrogens (tertiary/aromatic N) is 2. The summed E-state index contributed by atoms with van der Waals surface area (Å²) in [6, 6.07) is 18.0. The van der Waals surface area contributed by atoms with Crippen LogP contribution >= 0.6 is 0 Å². The molecule has 3 aromatic rings. The smallest absolute Gasteiger partial charge is 0.284 e. The largest absolute Gasteiger partial charge is 0.438 e. The van der Waals surface area contributed by atoms with E-state index in [9.17, 15) is 22.8 Å². The molecular formula is C24H24N4O6S. The van der Waals surface area contributed by atoms with Crippen LogP contribution in [0.1, 0.15) is 26.5 Å². The molecule has 1 saturated heterocycles. The zero-order chi connectivity index (χ0) is 25.0. The van der Waals surface area contributed by atoms with Crippen molar-refractivity contribution < 1.29 is 27.2 Å². The fourth-order valence-electron chi connectivity index (χ4n) is 3.77. The molecule has 0 atom stereocenters. The van der Waals surface area contributed by atoms with E-state index < -0.39 is 15.9 Å². The first-order valence-corrected chi connectivity index (χ1v) is 12.3. The van der Waals surface area contributed by atoms with Crippen LogP contribution in [-0.2, 0) is 14.8 Å². The normalized spacial score (nSPS) is 15.0. The highest BCUT2D eigenvalue weighted by Gasteiger charge is 2.32. The first-order chi connectivity index (χ1) is 16.8. The molecule has 1 aliphatic rings. The molecule has 11 heteroatoms. The molecule has 0 saturated carbocycles. The fourth-order valence-corrected chi connectivity index (χ4v) is 5.11. The molecule has 10 nitrogen and oxygen atoms in total. The number of hydrogen-bond acceptors (Lipinski definition) is 7. The SMILES string of the molecule is NC(=O)c1ccc(S(=O)(=O)N2CCN(CC(=O)Nc3ccccc3C(=O)c3ccccc3)CC2)o1. The molecule has 0 spiro atoms. The second kappa shape index (κ2) is 10.2. The standard InChI is InChI=1S/C24H24N4O6S/c25-24(31)20-10-11-22(34-20)35(32,33)28-14-12-27(13-15-28)16-21(29)26-19-9-5-4-8-18(19)23(30)17-6-2-1-3-7-17/h1-11H,12-16H2,(H2,25,31)(H,26,29). The van der Waals surface area contributed by atoms with Crippen LogP contribution in [0.25, 0.3) is 0 Å². The number of hydrogen-bond donors (Lipinski definition) is 2. The van der Waals surface area contributed by atoms with Gasteiger partial charge in [-0.3, -0.25) is 19.3 Å². The number of para-hydroxylation sites is 1. The van der Waals surface area contributed by atoms with E-state index in [1.165, 1.54) is 16.4 Å². The molecule has 0 bridgehead atoms. The Labute approximate surface area is 202 Å². The zero-order valence-corrected chi connectivity index (χ0v) is 19.5. The van der Waals surface area contributed by atoms with Crippen molar-refractivity contribution in [3.05, 3.63) is 83.6 Å². The summed E-state index contributed by atoms with van der Waals surface area (Å²) in [4.78, 5) is 38.6. The summed E-state index contributed by atoms with van der Waals surface area (Å²) < 4.78 is 31.8. The van der Waals surface area contributed by atoms with Gasteiger partial charge in [0.1, 0.15) is 0 Å². The van der Waals surface area contributed by atoms with Gasteiger partial charge in [-0.25, -0.2) is 8.42 Å². The van der Waals surface area contributed by atoms with Crippen LogP contribution in [-0.4, -0.2) is 67.9 Å². The van der Waals surface area contributed by atoms with Crippen molar-refractivity contribution in [1.29, 1.82) is 0 Å². The van der Waals surface area contributed by atoms with Crippen molar-refractivity contribution in [2.45, 2.75) is 5.09 Å². The van der Waals surface area contributed by atoms with Crippen molar-refractivity contribution in [2.24, 2.45) is 5.73 Å². The number of primary amides is 1. The highest BCUT2D eigenvalue weighted by atomic mass is 32.2. The average molecular weight is 497 g/mol. The molecule has 1 aliphatic heterocycles. The third kappa shape index (κ3) is 5.48. The number of benzene rings is 2. The Bertz CT molecular complexity index is 1350. The number of nitrogens with one attached hydrogen (secondary N) is 1. The lowest BCUT2D eigenvalue weighted by molar-refractivity contribution is -0.117. The minimum atomic E-state index is -3.92.